The molecule has 1 heterocycles. The van der Waals surface area contributed by atoms with Crippen molar-refractivity contribution in [2.45, 2.75) is 19.8 Å². The number of halogens is 2. The molecular formula is C16H18F2N4O. The van der Waals surface area contributed by atoms with E-state index in [9.17, 15) is 13.6 Å². The van der Waals surface area contributed by atoms with E-state index < -0.39 is 17.5 Å². The van der Waals surface area contributed by atoms with Gasteiger partial charge in [-0.2, -0.15) is 0 Å². The number of rotatable bonds is 6. The molecule has 1 N–H and O–H groups in total. The molecule has 2 rings (SSSR count). The van der Waals surface area contributed by atoms with Gasteiger partial charge in [-0.1, -0.05) is 13.3 Å². The number of amides is 1. The summed E-state index contributed by atoms with van der Waals surface area (Å²) in [5.74, 6) is -1.50. The minimum Gasteiger partial charge on any atom is -0.358 e. The van der Waals surface area contributed by atoms with Crippen molar-refractivity contribution in [1.29, 1.82) is 0 Å². The third-order valence-corrected chi connectivity index (χ3v) is 3.30. The zero-order chi connectivity index (χ0) is 16.8. The molecule has 7 heteroatoms. The second-order valence-corrected chi connectivity index (χ2v) is 5.13. The molecule has 0 saturated carbocycles. The molecule has 23 heavy (non-hydrogen) atoms. The lowest BCUT2D eigenvalue weighted by atomic mass is 10.2. The largest absolute Gasteiger partial charge is 0.358 e. The first-order valence-corrected chi connectivity index (χ1v) is 7.32. The Morgan fingerprint density at radius 2 is 2.00 bits per heavy atom. The van der Waals surface area contributed by atoms with Gasteiger partial charge in [-0.3, -0.25) is 4.79 Å². The summed E-state index contributed by atoms with van der Waals surface area (Å²) >= 11 is 0. The van der Waals surface area contributed by atoms with E-state index in [0.717, 1.165) is 31.5 Å². The standard InChI is InChI=1S/C16H18F2N4O/c1-3-4-9-22(2)15-8-7-14(20-21-15)16(23)19-13-6-5-11(17)10-12(13)18/h5-8,10H,3-4,9H2,1-2H3,(H,19,23). The van der Waals surface area contributed by atoms with Crippen LogP contribution in [0.5, 0.6) is 0 Å². The Labute approximate surface area is 133 Å². The van der Waals surface area contributed by atoms with Gasteiger partial charge in [-0.25, -0.2) is 8.78 Å². The number of anilines is 2. The summed E-state index contributed by atoms with van der Waals surface area (Å²) in [6.07, 6.45) is 2.10. The van der Waals surface area contributed by atoms with Crippen molar-refractivity contribution in [1.82, 2.24) is 10.2 Å². The monoisotopic (exact) mass is 320 g/mol. The summed E-state index contributed by atoms with van der Waals surface area (Å²) in [5.41, 5.74) is -0.0521. The highest BCUT2D eigenvalue weighted by atomic mass is 19.1. The molecule has 0 aliphatic rings. The Hall–Kier alpha value is -2.57. The summed E-state index contributed by atoms with van der Waals surface area (Å²) in [6, 6.07) is 6.12. The van der Waals surface area contributed by atoms with Crippen LogP contribution < -0.4 is 10.2 Å². The zero-order valence-corrected chi connectivity index (χ0v) is 13.0. The van der Waals surface area contributed by atoms with Gasteiger partial charge in [-0.15, -0.1) is 10.2 Å². The third-order valence-electron chi connectivity index (χ3n) is 3.30. The first-order chi connectivity index (χ1) is 11.0. The van der Waals surface area contributed by atoms with Gasteiger partial charge in [0.05, 0.1) is 5.69 Å². The average molecular weight is 320 g/mol. The van der Waals surface area contributed by atoms with Crippen LogP contribution in [0.4, 0.5) is 20.3 Å². The Morgan fingerprint density at radius 1 is 1.22 bits per heavy atom. The number of nitrogens with zero attached hydrogens (tertiary/aromatic N) is 3. The van der Waals surface area contributed by atoms with Crippen LogP contribution in [0.1, 0.15) is 30.3 Å². The van der Waals surface area contributed by atoms with Gasteiger partial charge in [0.15, 0.2) is 11.5 Å². The summed E-state index contributed by atoms with van der Waals surface area (Å²) in [4.78, 5) is 14.0. The van der Waals surface area contributed by atoms with Crippen molar-refractivity contribution < 1.29 is 13.6 Å². The number of unbranched alkanes of at least 4 members (excludes halogenated alkanes) is 1. The molecule has 0 unspecified atom stereocenters. The van der Waals surface area contributed by atoms with Crippen molar-refractivity contribution in [2.75, 3.05) is 23.8 Å². The highest BCUT2D eigenvalue weighted by Crippen LogP contribution is 2.16. The summed E-state index contributed by atoms with van der Waals surface area (Å²) < 4.78 is 26.4. The fourth-order valence-electron chi connectivity index (χ4n) is 1.94. The van der Waals surface area contributed by atoms with Crippen molar-refractivity contribution in [3.8, 4) is 0 Å². The normalized spacial score (nSPS) is 10.4. The molecule has 0 aliphatic carbocycles. The lowest BCUT2D eigenvalue weighted by molar-refractivity contribution is 0.102. The number of benzene rings is 1. The van der Waals surface area contributed by atoms with E-state index in [1.54, 1.807) is 6.07 Å². The molecule has 5 nitrogen and oxygen atoms in total. The van der Waals surface area contributed by atoms with E-state index >= 15 is 0 Å². The zero-order valence-electron chi connectivity index (χ0n) is 13.0. The lowest BCUT2D eigenvalue weighted by Crippen LogP contribution is -2.21. The average Bonchev–Trinajstić information content (AvgIpc) is 2.55. The van der Waals surface area contributed by atoms with Gasteiger partial charge in [-0.05, 0) is 30.7 Å². The first kappa shape index (κ1) is 16.8. The molecule has 0 fully saturated rings. The number of carbonyl (C=O) groups is 1. The van der Waals surface area contributed by atoms with E-state index in [1.807, 2.05) is 11.9 Å². The Balaban J connectivity index is 2.05. The van der Waals surface area contributed by atoms with E-state index in [4.69, 9.17) is 0 Å². The summed E-state index contributed by atoms with van der Waals surface area (Å²) in [5, 5.41) is 10.2. The molecule has 1 aromatic carbocycles. The van der Waals surface area contributed by atoms with Gasteiger partial charge in [0.2, 0.25) is 0 Å². The van der Waals surface area contributed by atoms with Crippen LogP contribution in [0.3, 0.4) is 0 Å². The SMILES string of the molecule is CCCCN(C)c1ccc(C(=O)Nc2ccc(F)cc2F)nn1. The maximum Gasteiger partial charge on any atom is 0.276 e. The molecular weight excluding hydrogens is 302 g/mol. The summed E-state index contributed by atoms with van der Waals surface area (Å²) in [7, 11) is 1.90. The molecule has 1 amide bonds. The quantitative estimate of drug-likeness (QED) is 0.888. The molecule has 122 valence electrons. The molecule has 0 spiro atoms. The third kappa shape index (κ3) is 4.45. The molecule has 0 radical (unpaired) electrons. The minimum atomic E-state index is -0.845. The predicted octanol–water partition coefficient (Wildman–Crippen LogP) is 3.24. The smallest absolute Gasteiger partial charge is 0.276 e. The summed E-state index contributed by atoms with van der Waals surface area (Å²) in [6.45, 7) is 2.94. The van der Waals surface area contributed by atoms with Crippen LogP contribution >= 0.6 is 0 Å². The Morgan fingerprint density at radius 3 is 2.61 bits per heavy atom. The van der Waals surface area contributed by atoms with Crippen LogP contribution in [0.15, 0.2) is 30.3 Å². The fourth-order valence-corrected chi connectivity index (χ4v) is 1.94. The second kappa shape index (κ2) is 7.62. The number of hydrogen-bond donors (Lipinski definition) is 1. The van der Waals surface area contributed by atoms with Crippen LogP contribution in [-0.4, -0.2) is 29.7 Å². The van der Waals surface area contributed by atoms with E-state index in [0.29, 0.717) is 11.9 Å². The van der Waals surface area contributed by atoms with Crippen molar-refractivity contribution in [3.05, 3.63) is 47.7 Å². The number of carbonyl (C=O) groups excluding carboxylic acids is 1. The number of hydrogen-bond acceptors (Lipinski definition) is 4. The first-order valence-electron chi connectivity index (χ1n) is 7.32. The maximum atomic E-state index is 13.5. The van der Waals surface area contributed by atoms with Gasteiger partial charge >= 0.3 is 0 Å². The lowest BCUT2D eigenvalue weighted by Gasteiger charge is -2.16. The van der Waals surface area contributed by atoms with E-state index in [2.05, 4.69) is 22.4 Å². The second-order valence-electron chi connectivity index (χ2n) is 5.13. The van der Waals surface area contributed by atoms with Gasteiger partial charge in [0.25, 0.3) is 5.91 Å². The minimum absolute atomic E-state index is 0.0568. The van der Waals surface area contributed by atoms with Crippen molar-refractivity contribution >= 4 is 17.4 Å². The molecule has 2 aromatic rings. The van der Waals surface area contributed by atoms with Crippen molar-refractivity contribution in [3.63, 3.8) is 0 Å². The van der Waals surface area contributed by atoms with Gasteiger partial charge in [0.1, 0.15) is 11.6 Å². The van der Waals surface area contributed by atoms with Crippen LogP contribution in [-0.2, 0) is 0 Å². The highest BCUT2D eigenvalue weighted by molar-refractivity contribution is 6.02. The number of aromatic nitrogens is 2. The predicted molar refractivity (Wildman–Crippen MR) is 84.5 cm³/mol. The van der Waals surface area contributed by atoms with Gasteiger partial charge < -0.3 is 10.2 Å². The van der Waals surface area contributed by atoms with Crippen molar-refractivity contribution in [2.24, 2.45) is 0 Å². The van der Waals surface area contributed by atoms with E-state index in [-0.39, 0.29) is 11.4 Å². The van der Waals surface area contributed by atoms with Crippen LogP contribution in [0.25, 0.3) is 0 Å². The molecule has 0 aliphatic heterocycles. The van der Waals surface area contributed by atoms with Crippen LogP contribution in [0, 0.1) is 11.6 Å². The number of nitrogens with one attached hydrogen (secondary N) is 1. The Bertz CT molecular complexity index is 676. The molecule has 1 aromatic heterocycles. The topological polar surface area (TPSA) is 58.1 Å². The van der Waals surface area contributed by atoms with Gasteiger partial charge in [0, 0.05) is 19.7 Å². The highest BCUT2D eigenvalue weighted by Gasteiger charge is 2.12. The maximum absolute atomic E-state index is 13.5. The fraction of sp³-hybridized carbons (Fsp3) is 0.312. The molecule has 0 atom stereocenters. The molecule has 0 bridgehead atoms. The van der Waals surface area contributed by atoms with Crippen LogP contribution in [0.2, 0.25) is 0 Å². The van der Waals surface area contributed by atoms with E-state index in [1.165, 1.54) is 6.07 Å². The molecule has 0 saturated heterocycles. The Kier molecular flexibility index (Phi) is 5.56.